The number of sulfone groups is 1. The molecule has 5 nitrogen and oxygen atoms in total. The van der Waals surface area contributed by atoms with Crippen molar-refractivity contribution in [3.05, 3.63) is 23.9 Å². The molecule has 0 radical (unpaired) electrons. The zero-order valence-electron chi connectivity index (χ0n) is 9.80. The molecule has 0 saturated carbocycles. The molecular weight excluding hydrogens is 270 g/mol. The van der Waals surface area contributed by atoms with E-state index < -0.39 is 9.84 Å². The van der Waals surface area contributed by atoms with Gasteiger partial charge >= 0.3 is 0 Å². The quantitative estimate of drug-likeness (QED) is 0.795. The number of hydrogen-bond donors (Lipinski definition) is 2. The van der Waals surface area contributed by atoms with E-state index in [1.165, 1.54) is 0 Å². The van der Waals surface area contributed by atoms with Gasteiger partial charge in [0.05, 0.1) is 11.5 Å². The summed E-state index contributed by atoms with van der Waals surface area (Å²) >= 11 is 4.89. The molecule has 0 aliphatic carbocycles. The van der Waals surface area contributed by atoms with Gasteiger partial charge in [-0.15, -0.1) is 0 Å². The number of anilines is 1. The van der Waals surface area contributed by atoms with Crippen molar-refractivity contribution in [2.75, 3.05) is 16.8 Å². The van der Waals surface area contributed by atoms with Crippen LogP contribution in [-0.2, 0) is 9.84 Å². The molecule has 2 rings (SSSR count). The number of nitrogens with zero attached hydrogens (tertiary/aromatic N) is 1. The molecule has 7 heteroatoms. The van der Waals surface area contributed by atoms with Gasteiger partial charge in [-0.25, -0.2) is 13.4 Å². The first-order valence-electron chi connectivity index (χ1n) is 5.69. The highest BCUT2D eigenvalue weighted by molar-refractivity contribution is 7.91. The summed E-state index contributed by atoms with van der Waals surface area (Å²) in [5.41, 5.74) is 6.26. The summed E-state index contributed by atoms with van der Waals surface area (Å²) in [6.45, 7) is 0. The zero-order chi connectivity index (χ0) is 13.2. The lowest BCUT2D eigenvalue weighted by Crippen LogP contribution is -2.35. The molecule has 3 N–H and O–H groups in total. The molecule has 2 heterocycles. The van der Waals surface area contributed by atoms with Gasteiger partial charge in [-0.1, -0.05) is 12.2 Å². The highest BCUT2D eigenvalue weighted by Gasteiger charge is 2.24. The first-order valence-corrected chi connectivity index (χ1v) is 7.92. The Morgan fingerprint density at radius 1 is 1.56 bits per heavy atom. The maximum Gasteiger partial charge on any atom is 0.152 e. The van der Waals surface area contributed by atoms with E-state index in [0.29, 0.717) is 17.2 Å². The molecule has 1 aliphatic rings. The average Bonchev–Trinajstić information content (AvgIpc) is 2.28. The minimum Gasteiger partial charge on any atom is -0.389 e. The van der Waals surface area contributed by atoms with E-state index in [1.54, 1.807) is 18.3 Å². The van der Waals surface area contributed by atoms with Gasteiger partial charge in [0.2, 0.25) is 0 Å². The van der Waals surface area contributed by atoms with E-state index in [-0.39, 0.29) is 17.5 Å². The summed E-state index contributed by atoms with van der Waals surface area (Å²) in [6, 6.07) is 3.38. The van der Waals surface area contributed by atoms with Crippen LogP contribution in [0, 0.1) is 0 Å². The van der Waals surface area contributed by atoms with E-state index in [2.05, 4.69) is 10.3 Å². The molecule has 1 aromatic rings. The first kappa shape index (κ1) is 13.2. The summed E-state index contributed by atoms with van der Waals surface area (Å²) in [4.78, 5) is 4.45. The van der Waals surface area contributed by atoms with Crippen LogP contribution in [0.4, 0.5) is 5.82 Å². The van der Waals surface area contributed by atoms with Gasteiger partial charge in [-0.2, -0.15) is 0 Å². The van der Waals surface area contributed by atoms with Gasteiger partial charge in [0.25, 0.3) is 0 Å². The van der Waals surface area contributed by atoms with Crippen LogP contribution >= 0.6 is 12.2 Å². The fourth-order valence-corrected chi connectivity index (χ4v) is 3.77. The normalized spacial score (nSPS) is 22.3. The van der Waals surface area contributed by atoms with Crippen molar-refractivity contribution in [1.82, 2.24) is 4.98 Å². The lowest BCUT2D eigenvalue weighted by Gasteiger charge is -2.23. The predicted molar refractivity (Wildman–Crippen MR) is 75.4 cm³/mol. The van der Waals surface area contributed by atoms with Gasteiger partial charge in [-0.05, 0) is 25.0 Å². The van der Waals surface area contributed by atoms with Crippen LogP contribution in [0.15, 0.2) is 18.3 Å². The highest BCUT2D eigenvalue weighted by atomic mass is 32.2. The SMILES string of the molecule is NC(=S)c1ccnc(NC2CCCS(=O)(=O)C2)c1. The maximum atomic E-state index is 11.5. The number of rotatable bonds is 3. The summed E-state index contributed by atoms with van der Waals surface area (Å²) in [5.74, 6) is 1.06. The van der Waals surface area contributed by atoms with Gasteiger partial charge < -0.3 is 11.1 Å². The molecule has 1 atom stereocenters. The Kier molecular flexibility index (Phi) is 3.82. The third-order valence-corrected chi connectivity index (χ3v) is 4.92. The molecule has 1 aromatic heterocycles. The van der Waals surface area contributed by atoms with E-state index in [4.69, 9.17) is 18.0 Å². The van der Waals surface area contributed by atoms with Crippen LogP contribution in [0.25, 0.3) is 0 Å². The van der Waals surface area contributed by atoms with Crippen LogP contribution in [0.1, 0.15) is 18.4 Å². The Bertz CT molecular complexity index is 557. The Balaban J connectivity index is 2.09. The predicted octanol–water partition coefficient (Wildman–Crippen LogP) is 0.705. The molecule has 0 amide bonds. The van der Waals surface area contributed by atoms with Gasteiger partial charge in [0.15, 0.2) is 9.84 Å². The lowest BCUT2D eigenvalue weighted by molar-refractivity contribution is 0.561. The highest BCUT2D eigenvalue weighted by Crippen LogP contribution is 2.16. The number of nitrogens with two attached hydrogens (primary N) is 1. The fourth-order valence-electron chi connectivity index (χ4n) is 2.01. The van der Waals surface area contributed by atoms with Crippen molar-refractivity contribution < 1.29 is 8.42 Å². The average molecular weight is 285 g/mol. The van der Waals surface area contributed by atoms with Crippen LogP contribution in [0.5, 0.6) is 0 Å². The standard InChI is InChI=1S/C11H15N3O2S2/c12-11(17)8-3-4-13-10(6-8)14-9-2-1-5-18(15,16)7-9/h3-4,6,9H,1-2,5,7H2,(H2,12,17)(H,13,14). The monoisotopic (exact) mass is 285 g/mol. The molecule has 0 spiro atoms. The van der Waals surface area contributed by atoms with Crippen LogP contribution in [0.2, 0.25) is 0 Å². The molecule has 1 aliphatic heterocycles. The van der Waals surface area contributed by atoms with Crippen LogP contribution < -0.4 is 11.1 Å². The molecular formula is C11H15N3O2S2. The van der Waals surface area contributed by atoms with Gasteiger partial charge in [0.1, 0.15) is 10.8 Å². The Morgan fingerprint density at radius 3 is 3.00 bits per heavy atom. The second-order valence-corrected chi connectivity index (χ2v) is 7.06. The lowest BCUT2D eigenvalue weighted by atomic mass is 10.2. The van der Waals surface area contributed by atoms with Crippen molar-refractivity contribution in [3.8, 4) is 0 Å². The molecule has 1 fully saturated rings. The number of pyridine rings is 1. The van der Waals surface area contributed by atoms with E-state index in [0.717, 1.165) is 12.0 Å². The largest absolute Gasteiger partial charge is 0.389 e. The van der Waals surface area contributed by atoms with Crippen molar-refractivity contribution >= 4 is 32.9 Å². The second kappa shape index (κ2) is 5.19. The van der Waals surface area contributed by atoms with Crippen LogP contribution in [0.3, 0.4) is 0 Å². The van der Waals surface area contributed by atoms with Gasteiger partial charge in [-0.3, -0.25) is 0 Å². The van der Waals surface area contributed by atoms with Gasteiger partial charge in [0, 0.05) is 17.8 Å². The van der Waals surface area contributed by atoms with E-state index >= 15 is 0 Å². The van der Waals surface area contributed by atoms with E-state index in [9.17, 15) is 8.42 Å². The number of nitrogens with one attached hydrogen (secondary N) is 1. The smallest absolute Gasteiger partial charge is 0.152 e. The maximum absolute atomic E-state index is 11.5. The zero-order valence-corrected chi connectivity index (χ0v) is 11.4. The number of hydrogen-bond acceptors (Lipinski definition) is 5. The van der Waals surface area contributed by atoms with Crippen molar-refractivity contribution in [3.63, 3.8) is 0 Å². The Hall–Kier alpha value is -1.21. The molecule has 1 unspecified atom stereocenters. The first-order chi connectivity index (χ1) is 8.46. The topological polar surface area (TPSA) is 85.1 Å². The number of thiocarbonyl (C=S) groups is 1. The summed E-state index contributed by atoms with van der Waals surface area (Å²) in [7, 11) is -2.92. The summed E-state index contributed by atoms with van der Waals surface area (Å²) in [5, 5.41) is 3.13. The minimum atomic E-state index is -2.92. The Labute approximate surface area is 112 Å². The number of aromatic nitrogens is 1. The molecule has 0 bridgehead atoms. The molecule has 1 saturated heterocycles. The molecule has 0 aromatic carbocycles. The fraction of sp³-hybridized carbons (Fsp3) is 0.455. The Morgan fingerprint density at radius 2 is 2.33 bits per heavy atom. The molecule has 98 valence electrons. The second-order valence-electron chi connectivity index (χ2n) is 4.39. The van der Waals surface area contributed by atoms with Crippen molar-refractivity contribution in [2.45, 2.75) is 18.9 Å². The summed E-state index contributed by atoms with van der Waals surface area (Å²) < 4.78 is 23.1. The van der Waals surface area contributed by atoms with Crippen molar-refractivity contribution in [2.24, 2.45) is 5.73 Å². The summed E-state index contributed by atoms with van der Waals surface area (Å²) in [6.07, 6.45) is 3.13. The van der Waals surface area contributed by atoms with E-state index in [1.807, 2.05) is 0 Å². The third kappa shape index (κ3) is 3.39. The third-order valence-electron chi connectivity index (χ3n) is 2.86. The molecule has 18 heavy (non-hydrogen) atoms. The van der Waals surface area contributed by atoms with Crippen molar-refractivity contribution in [1.29, 1.82) is 0 Å². The van der Waals surface area contributed by atoms with Crippen LogP contribution in [-0.4, -0.2) is 35.9 Å². The minimum absolute atomic E-state index is 0.0853.